The molecule has 1 fully saturated rings. The average molecular weight is 251 g/mol. The van der Waals surface area contributed by atoms with Crippen LogP contribution in [0.15, 0.2) is 12.4 Å². The first kappa shape index (κ1) is 12.2. The van der Waals surface area contributed by atoms with Crippen molar-refractivity contribution >= 4 is 17.2 Å². The van der Waals surface area contributed by atoms with Crippen LogP contribution in [0.5, 0.6) is 5.88 Å². The van der Waals surface area contributed by atoms with Crippen molar-refractivity contribution in [2.24, 2.45) is 11.7 Å². The molecule has 2 unspecified atom stereocenters. The van der Waals surface area contributed by atoms with Crippen LogP contribution >= 0.6 is 12.2 Å². The Morgan fingerprint density at radius 2 is 2.24 bits per heavy atom. The maximum absolute atomic E-state index is 5.80. The average Bonchev–Trinajstić information content (AvgIpc) is 2.29. The van der Waals surface area contributed by atoms with Crippen molar-refractivity contribution in [1.82, 2.24) is 9.97 Å². The molecule has 5 heteroatoms. The van der Waals surface area contributed by atoms with Crippen molar-refractivity contribution in [3.63, 3.8) is 0 Å². The van der Waals surface area contributed by atoms with Gasteiger partial charge in [-0.15, -0.1) is 0 Å². The summed E-state index contributed by atoms with van der Waals surface area (Å²) in [5.74, 6) is 1.29. The lowest BCUT2D eigenvalue weighted by Gasteiger charge is -2.26. The molecule has 1 aromatic heterocycles. The van der Waals surface area contributed by atoms with Gasteiger partial charge >= 0.3 is 0 Å². The molecule has 0 aromatic carbocycles. The first-order chi connectivity index (χ1) is 8.15. The molecule has 1 saturated carbocycles. The Kier molecular flexibility index (Phi) is 3.89. The summed E-state index contributed by atoms with van der Waals surface area (Å²) in [6.45, 7) is 2.26. The lowest BCUT2D eigenvalue weighted by atomic mass is 9.89. The third kappa shape index (κ3) is 3.36. The van der Waals surface area contributed by atoms with E-state index in [1.807, 2.05) is 0 Å². The minimum atomic E-state index is 0.260. The summed E-state index contributed by atoms with van der Waals surface area (Å²) in [6, 6.07) is 0. The highest BCUT2D eigenvalue weighted by Gasteiger charge is 2.20. The van der Waals surface area contributed by atoms with Gasteiger partial charge in [0.15, 0.2) is 0 Å². The Morgan fingerprint density at radius 1 is 1.41 bits per heavy atom. The number of rotatable bonds is 3. The van der Waals surface area contributed by atoms with E-state index in [-0.39, 0.29) is 11.1 Å². The van der Waals surface area contributed by atoms with Gasteiger partial charge < -0.3 is 10.5 Å². The predicted molar refractivity (Wildman–Crippen MR) is 70.0 cm³/mol. The van der Waals surface area contributed by atoms with Gasteiger partial charge in [0.2, 0.25) is 5.88 Å². The topological polar surface area (TPSA) is 61.0 Å². The molecule has 1 aromatic rings. The first-order valence-corrected chi connectivity index (χ1v) is 6.34. The Balaban J connectivity index is 1.96. The van der Waals surface area contributed by atoms with Crippen LogP contribution < -0.4 is 10.5 Å². The van der Waals surface area contributed by atoms with E-state index in [0.29, 0.717) is 11.6 Å². The number of hydrogen-bond donors (Lipinski definition) is 1. The number of ether oxygens (including phenoxy) is 1. The van der Waals surface area contributed by atoms with Crippen molar-refractivity contribution in [1.29, 1.82) is 0 Å². The van der Waals surface area contributed by atoms with E-state index < -0.39 is 0 Å². The van der Waals surface area contributed by atoms with E-state index in [2.05, 4.69) is 16.9 Å². The SMILES string of the molecule is CC1CCCC(Oc2cnc(C(N)=S)cn2)C1. The van der Waals surface area contributed by atoms with E-state index in [4.69, 9.17) is 22.7 Å². The Hall–Kier alpha value is -1.23. The van der Waals surface area contributed by atoms with Gasteiger partial charge in [-0.2, -0.15) is 0 Å². The molecule has 2 rings (SSSR count). The molecule has 1 aliphatic rings. The highest BCUT2D eigenvalue weighted by atomic mass is 32.1. The summed E-state index contributed by atoms with van der Waals surface area (Å²) in [5.41, 5.74) is 5.99. The van der Waals surface area contributed by atoms with Crippen LogP contribution in [-0.2, 0) is 0 Å². The van der Waals surface area contributed by atoms with E-state index in [9.17, 15) is 0 Å². The lowest BCUT2D eigenvalue weighted by molar-refractivity contribution is 0.123. The molecular weight excluding hydrogens is 234 g/mol. The molecule has 2 N–H and O–H groups in total. The standard InChI is InChI=1S/C12H17N3OS/c1-8-3-2-4-9(5-8)16-11-7-14-10(6-15-11)12(13)17/h6-9H,2-5H2,1H3,(H2,13,17). The highest BCUT2D eigenvalue weighted by Crippen LogP contribution is 2.26. The molecule has 1 aliphatic carbocycles. The van der Waals surface area contributed by atoms with Crippen molar-refractivity contribution < 1.29 is 4.74 Å². The summed E-state index contributed by atoms with van der Waals surface area (Å²) in [5, 5.41) is 0. The van der Waals surface area contributed by atoms with Gasteiger partial charge in [0.05, 0.1) is 12.4 Å². The van der Waals surface area contributed by atoms with E-state index in [1.54, 1.807) is 12.4 Å². The fraction of sp³-hybridized carbons (Fsp3) is 0.583. The van der Waals surface area contributed by atoms with Crippen molar-refractivity contribution in [2.45, 2.75) is 38.7 Å². The van der Waals surface area contributed by atoms with Crippen LogP contribution in [0.2, 0.25) is 0 Å². The molecule has 0 amide bonds. The Bertz CT molecular complexity index is 393. The second-order valence-electron chi connectivity index (χ2n) is 4.62. The Labute approximate surface area is 107 Å². The number of hydrogen-bond acceptors (Lipinski definition) is 4. The van der Waals surface area contributed by atoms with Gasteiger partial charge in [-0.3, -0.25) is 0 Å². The molecule has 0 spiro atoms. The van der Waals surface area contributed by atoms with Gasteiger partial charge in [-0.1, -0.05) is 25.6 Å². The molecule has 92 valence electrons. The van der Waals surface area contributed by atoms with Crippen LogP contribution in [0.4, 0.5) is 0 Å². The van der Waals surface area contributed by atoms with Gasteiger partial charge in [-0.05, 0) is 25.2 Å². The largest absolute Gasteiger partial charge is 0.473 e. The van der Waals surface area contributed by atoms with Gasteiger partial charge in [0.1, 0.15) is 16.8 Å². The summed E-state index contributed by atoms with van der Waals surface area (Å²) in [4.78, 5) is 8.54. The normalized spacial score (nSPS) is 24.3. The quantitative estimate of drug-likeness (QED) is 0.833. The molecule has 1 heterocycles. The lowest BCUT2D eigenvalue weighted by Crippen LogP contribution is -2.24. The van der Waals surface area contributed by atoms with Crippen molar-refractivity contribution in [3.8, 4) is 5.88 Å². The number of nitrogens with two attached hydrogens (primary N) is 1. The van der Waals surface area contributed by atoms with Gasteiger partial charge in [0, 0.05) is 0 Å². The maximum Gasteiger partial charge on any atom is 0.232 e. The third-order valence-electron chi connectivity index (χ3n) is 3.06. The summed E-state index contributed by atoms with van der Waals surface area (Å²) in [7, 11) is 0. The van der Waals surface area contributed by atoms with E-state index in [0.717, 1.165) is 18.8 Å². The van der Waals surface area contributed by atoms with Crippen molar-refractivity contribution in [3.05, 3.63) is 18.1 Å². The number of thiocarbonyl (C=S) groups is 1. The zero-order valence-electron chi connectivity index (χ0n) is 9.93. The zero-order valence-corrected chi connectivity index (χ0v) is 10.7. The highest BCUT2D eigenvalue weighted by molar-refractivity contribution is 7.80. The van der Waals surface area contributed by atoms with Crippen LogP contribution in [0, 0.1) is 5.92 Å². The Morgan fingerprint density at radius 3 is 2.82 bits per heavy atom. The molecular formula is C12H17N3OS. The summed E-state index contributed by atoms with van der Waals surface area (Å²) >= 11 is 4.82. The third-order valence-corrected chi connectivity index (χ3v) is 3.27. The molecule has 0 bridgehead atoms. The van der Waals surface area contributed by atoms with E-state index >= 15 is 0 Å². The van der Waals surface area contributed by atoms with E-state index in [1.165, 1.54) is 12.8 Å². The predicted octanol–water partition coefficient (Wildman–Crippen LogP) is 2.07. The zero-order chi connectivity index (χ0) is 12.3. The van der Waals surface area contributed by atoms with Gasteiger partial charge in [-0.25, -0.2) is 9.97 Å². The molecule has 0 radical (unpaired) electrons. The minimum absolute atomic E-state index is 0.260. The molecule has 4 nitrogen and oxygen atoms in total. The van der Waals surface area contributed by atoms with Crippen LogP contribution in [0.1, 0.15) is 38.3 Å². The smallest absolute Gasteiger partial charge is 0.232 e. The summed E-state index contributed by atoms with van der Waals surface area (Å²) in [6.07, 6.45) is 8.14. The van der Waals surface area contributed by atoms with Crippen LogP contribution in [-0.4, -0.2) is 21.1 Å². The van der Waals surface area contributed by atoms with Crippen LogP contribution in [0.25, 0.3) is 0 Å². The molecule has 0 aliphatic heterocycles. The van der Waals surface area contributed by atoms with Crippen LogP contribution in [0.3, 0.4) is 0 Å². The number of nitrogens with zero attached hydrogens (tertiary/aromatic N) is 2. The minimum Gasteiger partial charge on any atom is -0.473 e. The monoisotopic (exact) mass is 251 g/mol. The first-order valence-electron chi connectivity index (χ1n) is 5.93. The summed E-state index contributed by atoms with van der Waals surface area (Å²) < 4.78 is 5.80. The van der Waals surface area contributed by atoms with Gasteiger partial charge in [0.25, 0.3) is 0 Å². The molecule has 2 atom stereocenters. The fourth-order valence-corrected chi connectivity index (χ4v) is 2.27. The second kappa shape index (κ2) is 5.40. The maximum atomic E-state index is 5.80. The number of aromatic nitrogens is 2. The fourth-order valence-electron chi connectivity index (χ4n) is 2.16. The van der Waals surface area contributed by atoms with Crippen molar-refractivity contribution in [2.75, 3.05) is 0 Å². The second-order valence-corrected chi connectivity index (χ2v) is 5.06. The molecule has 0 saturated heterocycles. The molecule has 17 heavy (non-hydrogen) atoms.